The van der Waals surface area contributed by atoms with Crippen molar-refractivity contribution in [3.63, 3.8) is 0 Å². The Morgan fingerprint density at radius 2 is 2.22 bits per heavy atom. The summed E-state index contributed by atoms with van der Waals surface area (Å²) >= 11 is 5.75. The van der Waals surface area contributed by atoms with Gasteiger partial charge in [-0.05, 0) is 18.8 Å². The molecule has 2 saturated carbocycles. The molecule has 2 aliphatic rings. The largest absolute Gasteiger partial charge is 0.298 e. The van der Waals surface area contributed by atoms with Crippen LogP contribution in [0.25, 0.3) is 0 Å². The van der Waals surface area contributed by atoms with Gasteiger partial charge in [0.15, 0.2) is 5.78 Å². The first-order valence-electron chi connectivity index (χ1n) is 3.48. The Labute approximate surface area is 59.4 Å². The van der Waals surface area contributed by atoms with E-state index in [2.05, 4.69) is 0 Å². The minimum Gasteiger partial charge on any atom is -0.298 e. The van der Waals surface area contributed by atoms with Gasteiger partial charge in [-0.25, -0.2) is 0 Å². The second kappa shape index (κ2) is 1.72. The molecule has 0 amide bonds. The Morgan fingerprint density at radius 1 is 1.44 bits per heavy atom. The molecule has 0 bridgehead atoms. The van der Waals surface area contributed by atoms with Crippen molar-refractivity contribution in [2.75, 3.05) is 0 Å². The topological polar surface area (TPSA) is 17.1 Å². The third-order valence-corrected chi connectivity index (χ3v) is 3.12. The number of hydrogen-bond donors (Lipinski definition) is 0. The van der Waals surface area contributed by atoms with Crippen molar-refractivity contribution in [1.82, 2.24) is 0 Å². The normalized spacial score (nSPS) is 48.6. The van der Waals surface area contributed by atoms with Gasteiger partial charge >= 0.3 is 0 Å². The molecule has 0 aromatic heterocycles. The molecule has 1 nitrogen and oxygen atoms in total. The summed E-state index contributed by atoms with van der Waals surface area (Å²) in [5, 5.41) is -0.113. The fourth-order valence-corrected chi connectivity index (χ4v) is 2.45. The number of rotatable bonds is 0. The van der Waals surface area contributed by atoms with Gasteiger partial charge < -0.3 is 0 Å². The molecule has 0 heterocycles. The van der Waals surface area contributed by atoms with E-state index in [9.17, 15) is 4.79 Å². The first-order chi connectivity index (χ1) is 4.30. The lowest BCUT2D eigenvalue weighted by molar-refractivity contribution is -0.131. The molecule has 2 aliphatic carbocycles. The highest BCUT2D eigenvalue weighted by molar-refractivity contribution is 6.34. The van der Waals surface area contributed by atoms with Crippen LogP contribution in [0, 0.1) is 11.8 Å². The van der Waals surface area contributed by atoms with Gasteiger partial charge in [-0.2, -0.15) is 0 Å². The van der Waals surface area contributed by atoms with Crippen LogP contribution in [0.3, 0.4) is 0 Å². The van der Waals surface area contributed by atoms with Crippen molar-refractivity contribution >= 4 is 17.4 Å². The molecule has 2 rings (SSSR count). The molecule has 2 fully saturated rings. The molecule has 2 heteroatoms. The van der Waals surface area contributed by atoms with Gasteiger partial charge in [0.25, 0.3) is 0 Å². The van der Waals surface area contributed by atoms with Gasteiger partial charge in [0.05, 0.1) is 5.38 Å². The van der Waals surface area contributed by atoms with Crippen molar-refractivity contribution in [2.45, 2.75) is 24.6 Å². The molecule has 0 radical (unpaired) electrons. The van der Waals surface area contributed by atoms with Crippen molar-refractivity contribution in [2.24, 2.45) is 11.8 Å². The fraction of sp³-hybridized carbons (Fsp3) is 0.857. The van der Waals surface area contributed by atoms with Crippen molar-refractivity contribution in [3.05, 3.63) is 0 Å². The van der Waals surface area contributed by atoms with E-state index in [0.717, 1.165) is 6.42 Å². The second-order valence-corrected chi connectivity index (χ2v) is 3.48. The standard InChI is InChI=1S/C7H9ClO/c8-6-4-2-1-3-5(4)7(6)9/h4-6H,1-3H2/t4-,5+,6+/m0/s1. The van der Waals surface area contributed by atoms with Crippen molar-refractivity contribution in [3.8, 4) is 0 Å². The summed E-state index contributed by atoms with van der Waals surface area (Å²) in [4.78, 5) is 10.9. The second-order valence-electron chi connectivity index (χ2n) is 3.01. The average Bonchev–Trinajstić information content (AvgIpc) is 2.30. The highest BCUT2D eigenvalue weighted by atomic mass is 35.5. The van der Waals surface area contributed by atoms with E-state index in [-0.39, 0.29) is 5.38 Å². The summed E-state index contributed by atoms with van der Waals surface area (Å²) in [6, 6.07) is 0. The molecule has 0 saturated heterocycles. The summed E-state index contributed by atoms with van der Waals surface area (Å²) in [5.41, 5.74) is 0. The maximum atomic E-state index is 10.9. The van der Waals surface area contributed by atoms with Crippen LogP contribution in [0.2, 0.25) is 0 Å². The van der Waals surface area contributed by atoms with Crippen LogP contribution in [0.4, 0.5) is 0 Å². The summed E-state index contributed by atoms with van der Waals surface area (Å²) in [7, 11) is 0. The van der Waals surface area contributed by atoms with Gasteiger partial charge in [-0.1, -0.05) is 6.42 Å². The van der Waals surface area contributed by atoms with E-state index in [4.69, 9.17) is 11.6 Å². The van der Waals surface area contributed by atoms with Gasteiger partial charge in [0, 0.05) is 5.92 Å². The fourth-order valence-electron chi connectivity index (χ4n) is 1.99. The molecule has 0 aliphatic heterocycles. The molecule has 0 N–H and O–H groups in total. The zero-order valence-corrected chi connectivity index (χ0v) is 5.90. The molecular formula is C7H9ClO. The Hall–Kier alpha value is -0.0400. The number of Topliss-reactive ketones (excluding diaryl/α,β-unsaturated/α-hetero) is 1. The molecule has 9 heavy (non-hydrogen) atoms. The van der Waals surface area contributed by atoms with Gasteiger partial charge in [0.2, 0.25) is 0 Å². The lowest BCUT2D eigenvalue weighted by Gasteiger charge is -2.33. The lowest BCUT2D eigenvalue weighted by Crippen LogP contribution is -2.45. The molecular weight excluding hydrogens is 136 g/mol. The lowest BCUT2D eigenvalue weighted by atomic mass is 9.74. The van der Waals surface area contributed by atoms with Crippen LogP contribution >= 0.6 is 11.6 Å². The third-order valence-electron chi connectivity index (χ3n) is 2.58. The number of fused-ring (bicyclic) bond motifs is 1. The van der Waals surface area contributed by atoms with E-state index >= 15 is 0 Å². The first kappa shape index (κ1) is 5.72. The van der Waals surface area contributed by atoms with E-state index in [1.807, 2.05) is 0 Å². The Bertz CT molecular complexity index is 155. The van der Waals surface area contributed by atoms with Gasteiger partial charge in [0.1, 0.15) is 0 Å². The van der Waals surface area contributed by atoms with Crippen molar-refractivity contribution in [1.29, 1.82) is 0 Å². The number of carbonyl (C=O) groups excluding carboxylic acids is 1. The summed E-state index contributed by atoms with van der Waals surface area (Å²) in [6.07, 6.45) is 3.50. The van der Waals surface area contributed by atoms with E-state index in [1.54, 1.807) is 0 Å². The van der Waals surface area contributed by atoms with Crippen LogP contribution in [0.5, 0.6) is 0 Å². The third kappa shape index (κ3) is 0.586. The minimum atomic E-state index is -0.113. The first-order valence-corrected chi connectivity index (χ1v) is 3.92. The zero-order chi connectivity index (χ0) is 6.43. The maximum absolute atomic E-state index is 10.9. The van der Waals surface area contributed by atoms with Crippen LogP contribution < -0.4 is 0 Å². The Morgan fingerprint density at radius 3 is 2.89 bits per heavy atom. The molecule has 3 atom stereocenters. The highest BCUT2D eigenvalue weighted by Crippen LogP contribution is 2.46. The number of carbonyl (C=O) groups is 1. The maximum Gasteiger partial charge on any atom is 0.154 e. The molecule has 0 aromatic rings. The van der Waals surface area contributed by atoms with Crippen LogP contribution in [-0.2, 0) is 4.79 Å². The summed E-state index contributed by atoms with van der Waals surface area (Å²) in [6.45, 7) is 0. The SMILES string of the molecule is O=C1[C@H](Cl)[C@H]2CCC[C@@H]12. The quantitative estimate of drug-likeness (QED) is 0.472. The predicted molar refractivity (Wildman–Crippen MR) is 35.5 cm³/mol. The van der Waals surface area contributed by atoms with Crippen LogP contribution in [0.1, 0.15) is 19.3 Å². The molecule has 0 aromatic carbocycles. The summed E-state index contributed by atoms with van der Waals surface area (Å²) in [5.74, 6) is 1.23. The van der Waals surface area contributed by atoms with Crippen LogP contribution in [-0.4, -0.2) is 11.2 Å². The Balaban J connectivity index is 2.14. The summed E-state index contributed by atoms with van der Waals surface area (Å²) < 4.78 is 0. The predicted octanol–water partition coefficient (Wildman–Crippen LogP) is 1.59. The number of halogens is 1. The molecule has 50 valence electrons. The molecule has 0 spiro atoms. The number of alkyl halides is 1. The Kier molecular flexibility index (Phi) is 1.10. The van der Waals surface area contributed by atoms with E-state index in [1.165, 1.54) is 12.8 Å². The van der Waals surface area contributed by atoms with E-state index in [0.29, 0.717) is 17.6 Å². The minimum absolute atomic E-state index is 0.113. The average molecular weight is 145 g/mol. The van der Waals surface area contributed by atoms with E-state index < -0.39 is 0 Å². The highest BCUT2D eigenvalue weighted by Gasteiger charge is 2.50. The van der Waals surface area contributed by atoms with Gasteiger partial charge in [-0.15, -0.1) is 11.6 Å². The van der Waals surface area contributed by atoms with Gasteiger partial charge in [-0.3, -0.25) is 4.79 Å². The monoisotopic (exact) mass is 144 g/mol. The zero-order valence-electron chi connectivity index (χ0n) is 5.14. The van der Waals surface area contributed by atoms with Crippen LogP contribution in [0.15, 0.2) is 0 Å². The number of hydrogen-bond acceptors (Lipinski definition) is 1. The van der Waals surface area contributed by atoms with Crippen molar-refractivity contribution < 1.29 is 4.79 Å². The number of ketones is 1. The smallest absolute Gasteiger partial charge is 0.154 e. The molecule has 0 unspecified atom stereocenters.